The maximum absolute atomic E-state index is 14.1. The van der Waals surface area contributed by atoms with Crippen molar-refractivity contribution in [3.05, 3.63) is 108 Å². The molecule has 246 valence electrons. The molecule has 0 radical (unpaired) electrons. The van der Waals surface area contributed by atoms with E-state index < -0.39 is 23.3 Å². The lowest BCUT2D eigenvalue weighted by atomic mass is 10.2. The summed E-state index contributed by atoms with van der Waals surface area (Å²) in [6.07, 6.45) is -0.490. The number of pyridine rings is 2. The topological polar surface area (TPSA) is 112 Å². The van der Waals surface area contributed by atoms with Gasteiger partial charge in [-0.15, -0.1) is 11.3 Å². The maximum atomic E-state index is 14.1. The second-order valence-corrected chi connectivity index (χ2v) is 11.5. The van der Waals surface area contributed by atoms with Gasteiger partial charge in [0.2, 0.25) is 0 Å². The fourth-order valence-electron chi connectivity index (χ4n) is 4.91. The molecule has 2 aromatic carbocycles. The van der Waals surface area contributed by atoms with E-state index in [2.05, 4.69) is 25.7 Å². The molecular formula is C34H29F3N6O4S. The first-order valence-electron chi connectivity index (χ1n) is 14.7. The number of aromatic nitrogens is 4. The number of benzene rings is 2. The van der Waals surface area contributed by atoms with Crippen LogP contribution in [-0.4, -0.2) is 53.0 Å². The first-order valence-corrected chi connectivity index (χ1v) is 15.5. The van der Waals surface area contributed by atoms with Crippen LogP contribution in [0.4, 0.5) is 18.9 Å². The van der Waals surface area contributed by atoms with Crippen molar-refractivity contribution >= 4 is 33.1 Å². The molecule has 0 aliphatic carbocycles. The zero-order valence-electron chi connectivity index (χ0n) is 25.7. The van der Waals surface area contributed by atoms with Crippen molar-refractivity contribution in [2.45, 2.75) is 12.7 Å². The third-order valence-corrected chi connectivity index (χ3v) is 8.36. The zero-order chi connectivity index (χ0) is 33.7. The van der Waals surface area contributed by atoms with E-state index in [1.165, 1.54) is 42.7 Å². The quantitative estimate of drug-likeness (QED) is 0.130. The minimum atomic E-state index is -4.85. The number of rotatable bonds is 12. The van der Waals surface area contributed by atoms with Crippen LogP contribution in [0.15, 0.2) is 91.4 Å². The Morgan fingerprint density at radius 1 is 0.958 bits per heavy atom. The molecule has 4 aromatic heterocycles. The van der Waals surface area contributed by atoms with Crippen LogP contribution in [-0.2, 0) is 17.5 Å². The van der Waals surface area contributed by atoms with Crippen molar-refractivity contribution in [3.63, 3.8) is 0 Å². The smallest absolute Gasteiger partial charge is 0.434 e. The highest BCUT2D eigenvalue weighted by atomic mass is 32.1. The molecular weight excluding hydrogens is 645 g/mol. The van der Waals surface area contributed by atoms with Gasteiger partial charge in [0, 0.05) is 44.7 Å². The average molecular weight is 675 g/mol. The predicted octanol–water partition coefficient (Wildman–Crippen LogP) is 7.35. The summed E-state index contributed by atoms with van der Waals surface area (Å²) in [6.45, 7) is 2.06. The minimum Gasteiger partial charge on any atom is -0.494 e. The number of methoxy groups -OCH3 is 2. The van der Waals surface area contributed by atoms with Crippen molar-refractivity contribution in [1.29, 1.82) is 0 Å². The molecule has 48 heavy (non-hydrogen) atoms. The van der Waals surface area contributed by atoms with E-state index in [-0.39, 0.29) is 17.1 Å². The molecule has 0 aliphatic heterocycles. The SMILES string of the molecule is COCCNCc1ccc(-c2cc3nccc(Oc4ccc(NC(=O)c5cnn(-c6ccccc6)c5C(F)(F)F)c(OC)c4)c3s2)nc1. The van der Waals surface area contributed by atoms with Gasteiger partial charge in [-0.2, -0.15) is 18.3 Å². The summed E-state index contributed by atoms with van der Waals surface area (Å²) in [7, 11) is 3.04. The largest absolute Gasteiger partial charge is 0.494 e. The van der Waals surface area contributed by atoms with Crippen molar-refractivity contribution in [2.24, 2.45) is 0 Å². The second-order valence-electron chi connectivity index (χ2n) is 10.4. The van der Waals surface area contributed by atoms with E-state index in [9.17, 15) is 18.0 Å². The number of halogens is 3. The summed E-state index contributed by atoms with van der Waals surface area (Å²) in [6, 6.07) is 20.0. The Labute approximate surface area is 277 Å². The summed E-state index contributed by atoms with van der Waals surface area (Å²) in [5.74, 6) is 0.103. The molecule has 10 nitrogen and oxygen atoms in total. The highest BCUT2D eigenvalue weighted by molar-refractivity contribution is 7.22. The monoisotopic (exact) mass is 674 g/mol. The van der Waals surface area contributed by atoms with E-state index in [0.717, 1.165) is 39.1 Å². The Morgan fingerprint density at radius 2 is 1.79 bits per heavy atom. The van der Waals surface area contributed by atoms with Gasteiger partial charge in [-0.05, 0) is 42.0 Å². The molecule has 14 heteroatoms. The maximum Gasteiger partial charge on any atom is 0.434 e. The molecule has 6 aromatic rings. The zero-order valence-corrected chi connectivity index (χ0v) is 26.6. The lowest BCUT2D eigenvalue weighted by molar-refractivity contribution is -0.143. The first kappa shape index (κ1) is 32.6. The Hall–Kier alpha value is -5.31. The number of nitrogens with one attached hydrogen (secondary N) is 2. The Kier molecular flexibility index (Phi) is 9.66. The number of thiophene rings is 1. The van der Waals surface area contributed by atoms with Gasteiger partial charge in [-0.3, -0.25) is 14.8 Å². The highest BCUT2D eigenvalue weighted by Gasteiger charge is 2.40. The molecule has 0 fully saturated rings. The predicted molar refractivity (Wildman–Crippen MR) is 176 cm³/mol. The van der Waals surface area contributed by atoms with Gasteiger partial charge in [0.1, 0.15) is 17.2 Å². The molecule has 0 unspecified atom stereocenters. The third-order valence-electron chi connectivity index (χ3n) is 7.20. The number of anilines is 1. The lowest BCUT2D eigenvalue weighted by Crippen LogP contribution is -2.21. The molecule has 0 atom stereocenters. The van der Waals surface area contributed by atoms with Gasteiger partial charge in [-0.1, -0.05) is 24.3 Å². The summed E-state index contributed by atoms with van der Waals surface area (Å²) < 4.78 is 60.6. The Bertz CT molecular complexity index is 2030. The van der Waals surface area contributed by atoms with Gasteiger partial charge in [0.05, 0.1) is 57.6 Å². The van der Waals surface area contributed by atoms with Crippen LogP contribution in [0.1, 0.15) is 21.6 Å². The van der Waals surface area contributed by atoms with Crippen molar-refractivity contribution in [3.8, 4) is 33.5 Å². The van der Waals surface area contributed by atoms with Crippen LogP contribution in [0.5, 0.6) is 17.2 Å². The molecule has 0 aliphatic rings. The molecule has 0 saturated heterocycles. The average Bonchev–Trinajstić information content (AvgIpc) is 3.75. The number of hydrogen-bond donors (Lipinski definition) is 2. The number of ether oxygens (including phenoxy) is 3. The molecule has 0 saturated carbocycles. The van der Waals surface area contributed by atoms with Crippen LogP contribution in [0.3, 0.4) is 0 Å². The van der Waals surface area contributed by atoms with Crippen LogP contribution >= 0.6 is 11.3 Å². The van der Waals surface area contributed by atoms with Gasteiger partial charge in [-0.25, -0.2) is 4.68 Å². The summed E-state index contributed by atoms with van der Waals surface area (Å²) >= 11 is 1.48. The number of carbonyl (C=O) groups is 1. The molecule has 4 heterocycles. The number of alkyl halides is 3. The number of fused-ring (bicyclic) bond motifs is 1. The van der Waals surface area contributed by atoms with E-state index >= 15 is 0 Å². The highest BCUT2D eigenvalue weighted by Crippen LogP contribution is 2.40. The molecule has 2 N–H and O–H groups in total. The van der Waals surface area contributed by atoms with Crippen LogP contribution < -0.4 is 20.1 Å². The third kappa shape index (κ3) is 7.15. The van der Waals surface area contributed by atoms with Crippen molar-refractivity contribution in [1.82, 2.24) is 25.1 Å². The van der Waals surface area contributed by atoms with E-state index in [0.29, 0.717) is 29.3 Å². The summed E-state index contributed by atoms with van der Waals surface area (Å²) in [5.41, 5.74) is 1.07. The van der Waals surface area contributed by atoms with E-state index in [1.807, 2.05) is 24.4 Å². The second kappa shape index (κ2) is 14.2. The van der Waals surface area contributed by atoms with Gasteiger partial charge in [0.15, 0.2) is 5.69 Å². The van der Waals surface area contributed by atoms with E-state index in [4.69, 9.17) is 14.2 Å². The van der Waals surface area contributed by atoms with Crippen LogP contribution in [0, 0.1) is 0 Å². The number of carbonyl (C=O) groups excluding carboxylic acids is 1. The van der Waals surface area contributed by atoms with Crippen LogP contribution in [0.2, 0.25) is 0 Å². The Morgan fingerprint density at radius 3 is 2.52 bits per heavy atom. The molecule has 0 spiro atoms. The van der Waals surface area contributed by atoms with E-state index in [1.54, 1.807) is 43.6 Å². The normalized spacial score (nSPS) is 11.5. The number of hydrogen-bond acceptors (Lipinski definition) is 9. The number of amides is 1. The first-order chi connectivity index (χ1) is 23.2. The fourth-order valence-corrected chi connectivity index (χ4v) is 5.95. The molecule has 1 amide bonds. The molecule has 0 bridgehead atoms. The summed E-state index contributed by atoms with van der Waals surface area (Å²) in [4.78, 5) is 23.2. The van der Waals surface area contributed by atoms with Crippen molar-refractivity contribution < 1.29 is 32.2 Å². The van der Waals surface area contributed by atoms with Crippen LogP contribution in [0.25, 0.3) is 26.5 Å². The minimum absolute atomic E-state index is 0.150. The fraction of sp³-hybridized carbons (Fsp3) is 0.176. The summed E-state index contributed by atoms with van der Waals surface area (Å²) in [5, 5.41) is 9.67. The van der Waals surface area contributed by atoms with Gasteiger partial charge >= 0.3 is 6.18 Å². The number of para-hydroxylation sites is 1. The molecule has 6 rings (SSSR count). The van der Waals surface area contributed by atoms with Gasteiger partial charge < -0.3 is 24.8 Å². The van der Waals surface area contributed by atoms with Gasteiger partial charge in [0.25, 0.3) is 5.91 Å². The number of nitrogens with zero attached hydrogens (tertiary/aromatic N) is 4. The standard InChI is InChI=1S/C34H29F3N6O4S/c1-45-15-14-38-18-21-8-10-26(40-19-21)30-17-27-31(48-30)28(12-13-39-27)47-23-9-11-25(29(16-23)46-2)42-33(44)24-20-41-43(32(24)34(35,36)37)22-6-4-3-5-7-22/h3-13,16-17,19-20,38H,14-15,18H2,1-2H3,(H,42,44). The van der Waals surface area contributed by atoms with Crippen molar-refractivity contribution in [2.75, 3.05) is 32.7 Å². The Balaban J connectivity index is 1.20. The lowest BCUT2D eigenvalue weighted by Gasteiger charge is -2.15.